The summed E-state index contributed by atoms with van der Waals surface area (Å²) >= 11 is 0. The zero-order valence-corrected chi connectivity index (χ0v) is 16.9. The van der Waals surface area contributed by atoms with E-state index in [4.69, 9.17) is 0 Å². The molecule has 0 bridgehead atoms. The third kappa shape index (κ3) is 7.38. The Labute approximate surface area is 168 Å². The van der Waals surface area contributed by atoms with Gasteiger partial charge >= 0.3 is 6.18 Å². The lowest BCUT2D eigenvalue weighted by Gasteiger charge is -2.16. The lowest BCUT2D eigenvalue weighted by atomic mass is 10.2. The number of carbonyl (C=O) groups excluding carboxylic acids is 1. The summed E-state index contributed by atoms with van der Waals surface area (Å²) in [5.41, 5.74) is 1.79. The van der Waals surface area contributed by atoms with Gasteiger partial charge in [0.15, 0.2) is 5.96 Å². The molecule has 9 heteroatoms. The molecule has 0 spiro atoms. The highest BCUT2D eigenvalue weighted by molar-refractivity contribution is 14.0. The highest BCUT2D eigenvalue weighted by Gasteiger charge is 2.26. The minimum absolute atomic E-state index is 0. The number of halogens is 4. The topological polar surface area (TPSA) is 56.7 Å². The molecule has 0 aromatic heterocycles. The number of carbonyl (C=O) groups is 1. The molecule has 5 nitrogen and oxygen atoms in total. The van der Waals surface area contributed by atoms with Gasteiger partial charge in [-0.1, -0.05) is 12.1 Å². The molecule has 0 radical (unpaired) electrons. The number of anilines is 1. The van der Waals surface area contributed by atoms with E-state index in [2.05, 4.69) is 15.6 Å². The number of rotatable bonds is 6. The van der Waals surface area contributed by atoms with Gasteiger partial charge in [0.2, 0.25) is 5.91 Å². The molecule has 1 aromatic rings. The lowest BCUT2D eigenvalue weighted by Crippen LogP contribution is -2.38. The van der Waals surface area contributed by atoms with Gasteiger partial charge in [-0.15, -0.1) is 24.0 Å². The van der Waals surface area contributed by atoms with Gasteiger partial charge in [-0.25, -0.2) is 4.99 Å². The van der Waals surface area contributed by atoms with E-state index >= 15 is 0 Å². The van der Waals surface area contributed by atoms with E-state index < -0.39 is 12.6 Å². The Balaban J connectivity index is 0.00000338. The standard InChI is InChI=1S/C17H23F3N4O.HI/c1-2-21-16(22-10-9-17(18,19)20)23-12-13-5-7-14(8-6-13)24-11-3-4-15(24)25;/h5-8H,2-4,9-12H2,1H3,(H2,21,22,23);1H. The van der Waals surface area contributed by atoms with Crippen molar-refractivity contribution >= 4 is 41.5 Å². The van der Waals surface area contributed by atoms with Crippen molar-refractivity contribution in [1.82, 2.24) is 10.6 Å². The first-order valence-corrected chi connectivity index (χ1v) is 8.37. The van der Waals surface area contributed by atoms with Crippen molar-refractivity contribution in [1.29, 1.82) is 0 Å². The number of benzene rings is 1. The normalized spacial score (nSPS) is 15.0. The van der Waals surface area contributed by atoms with E-state index in [1.54, 1.807) is 4.90 Å². The highest BCUT2D eigenvalue weighted by atomic mass is 127. The van der Waals surface area contributed by atoms with Crippen LogP contribution < -0.4 is 15.5 Å². The van der Waals surface area contributed by atoms with Gasteiger partial charge in [-0.2, -0.15) is 13.2 Å². The lowest BCUT2D eigenvalue weighted by molar-refractivity contribution is -0.132. The first-order chi connectivity index (χ1) is 11.9. The summed E-state index contributed by atoms with van der Waals surface area (Å²) in [6.07, 6.45) is -3.63. The number of hydrogen-bond acceptors (Lipinski definition) is 2. The Morgan fingerprint density at radius 2 is 1.92 bits per heavy atom. The molecule has 0 saturated carbocycles. The Kier molecular flexibility index (Phi) is 9.17. The van der Waals surface area contributed by atoms with Gasteiger partial charge in [-0.05, 0) is 31.0 Å². The molecule has 1 heterocycles. The summed E-state index contributed by atoms with van der Waals surface area (Å²) in [6.45, 7) is 3.28. The second-order valence-electron chi connectivity index (χ2n) is 5.80. The second kappa shape index (κ2) is 10.6. The van der Waals surface area contributed by atoms with E-state index in [1.807, 2.05) is 31.2 Å². The third-order valence-corrected chi connectivity index (χ3v) is 3.79. The molecule has 146 valence electrons. The number of aliphatic imine (C=N–C) groups is 1. The van der Waals surface area contributed by atoms with Crippen LogP contribution >= 0.6 is 24.0 Å². The number of nitrogens with one attached hydrogen (secondary N) is 2. The summed E-state index contributed by atoms with van der Waals surface area (Å²) in [5.74, 6) is 0.486. The van der Waals surface area contributed by atoms with Crippen molar-refractivity contribution in [3.05, 3.63) is 29.8 Å². The quantitative estimate of drug-likeness (QED) is 0.370. The molecule has 0 atom stereocenters. The van der Waals surface area contributed by atoms with Gasteiger partial charge in [-0.3, -0.25) is 4.79 Å². The van der Waals surface area contributed by atoms with Crippen LogP contribution in [0.5, 0.6) is 0 Å². The molecule has 2 rings (SSSR count). The van der Waals surface area contributed by atoms with Crippen LogP contribution in [-0.2, 0) is 11.3 Å². The fourth-order valence-electron chi connectivity index (χ4n) is 2.54. The summed E-state index contributed by atoms with van der Waals surface area (Å²) in [7, 11) is 0. The Bertz CT molecular complexity index is 605. The van der Waals surface area contributed by atoms with E-state index in [0.717, 1.165) is 24.2 Å². The van der Waals surface area contributed by atoms with Crippen molar-refractivity contribution in [3.63, 3.8) is 0 Å². The summed E-state index contributed by atoms with van der Waals surface area (Å²) < 4.78 is 36.6. The number of amides is 1. The molecule has 1 aromatic carbocycles. The van der Waals surface area contributed by atoms with Crippen molar-refractivity contribution in [3.8, 4) is 0 Å². The van der Waals surface area contributed by atoms with Crippen molar-refractivity contribution in [2.75, 3.05) is 24.5 Å². The predicted molar refractivity (Wildman–Crippen MR) is 107 cm³/mol. The predicted octanol–water partition coefficient (Wildman–Crippen LogP) is 3.44. The minimum Gasteiger partial charge on any atom is -0.357 e. The van der Waals surface area contributed by atoms with Gasteiger partial charge in [0, 0.05) is 31.7 Å². The first kappa shape index (κ1) is 22.5. The molecule has 26 heavy (non-hydrogen) atoms. The van der Waals surface area contributed by atoms with Crippen LogP contribution in [-0.4, -0.2) is 37.7 Å². The maximum absolute atomic E-state index is 12.2. The van der Waals surface area contributed by atoms with Crippen LogP contribution in [0.1, 0.15) is 31.7 Å². The van der Waals surface area contributed by atoms with Crippen LogP contribution in [0, 0.1) is 0 Å². The fraction of sp³-hybridized carbons (Fsp3) is 0.529. The molecule has 1 aliphatic heterocycles. The zero-order valence-electron chi connectivity index (χ0n) is 14.6. The van der Waals surface area contributed by atoms with Crippen molar-refractivity contribution in [2.24, 2.45) is 4.99 Å². The minimum atomic E-state index is -4.19. The Hall–Kier alpha value is -1.52. The van der Waals surface area contributed by atoms with Crippen LogP contribution in [0.2, 0.25) is 0 Å². The molecular weight excluding hydrogens is 460 g/mol. The SMILES string of the molecule is CCNC(=NCc1ccc(N2CCCC2=O)cc1)NCCC(F)(F)F.I. The average molecular weight is 484 g/mol. The van der Waals surface area contributed by atoms with Crippen molar-refractivity contribution in [2.45, 2.75) is 38.9 Å². The van der Waals surface area contributed by atoms with E-state index in [0.29, 0.717) is 25.5 Å². The van der Waals surface area contributed by atoms with Crippen LogP contribution in [0.25, 0.3) is 0 Å². The monoisotopic (exact) mass is 484 g/mol. The Morgan fingerprint density at radius 3 is 2.46 bits per heavy atom. The maximum Gasteiger partial charge on any atom is 0.390 e. The van der Waals surface area contributed by atoms with Gasteiger partial charge in [0.1, 0.15) is 0 Å². The van der Waals surface area contributed by atoms with Crippen LogP contribution in [0.4, 0.5) is 18.9 Å². The Morgan fingerprint density at radius 1 is 1.23 bits per heavy atom. The highest BCUT2D eigenvalue weighted by Crippen LogP contribution is 2.21. The van der Waals surface area contributed by atoms with E-state index in [1.165, 1.54) is 0 Å². The van der Waals surface area contributed by atoms with Gasteiger partial charge in [0.05, 0.1) is 13.0 Å². The van der Waals surface area contributed by atoms with E-state index in [-0.39, 0.29) is 36.4 Å². The average Bonchev–Trinajstić information content (AvgIpc) is 2.98. The van der Waals surface area contributed by atoms with Gasteiger partial charge in [0.25, 0.3) is 0 Å². The smallest absolute Gasteiger partial charge is 0.357 e. The summed E-state index contributed by atoms with van der Waals surface area (Å²) in [6, 6.07) is 7.50. The molecular formula is C17H24F3IN4O. The number of guanidine groups is 1. The van der Waals surface area contributed by atoms with Crippen molar-refractivity contribution < 1.29 is 18.0 Å². The molecule has 1 amide bonds. The largest absolute Gasteiger partial charge is 0.390 e. The molecule has 0 aliphatic carbocycles. The first-order valence-electron chi connectivity index (χ1n) is 8.37. The fourth-order valence-corrected chi connectivity index (χ4v) is 2.54. The molecule has 2 N–H and O–H groups in total. The zero-order chi connectivity index (χ0) is 18.3. The molecule has 1 saturated heterocycles. The number of alkyl halides is 3. The van der Waals surface area contributed by atoms with Crippen LogP contribution in [0.3, 0.4) is 0 Å². The third-order valence-electron chi connectivity index (χ3n) is 3.79. The number of hydrogen-bond donors (Lipinski definition) is 2. The maximum atomic E-state index is 12.2. The van der Waals surface area contributed by atoms with Crippen LogP contribution in [0.15, 0.2) is 29.3 Å². The second-order valence-corrected chi connectivity index (χ2v) is 5.80. The molecule has 1 aliphatic rings. The molecule has 1 fully saturated rings. The summed E-state index contributed by atoms with van der Waals surface area (Å²) in [5, 5.41) is 5.60. The summed E-state index contributed by atoms with van der Waals surface area (Å²) in [4.78, 5) is 17.8. The van der Waals surface area contributed by atoms with E-state index in [9.17, 15) is 18.0 Å². The molecule has 0 unspecified atom stereocenters. The number of nitrogens with zero attached hydrogens (tertiary/aromatic N) is 2. The van der Waals surface area contributed by atoms with Gasteiger partial charge < -0.3 is 15.5 Å².